The highest BCUT2D eigenvalue weighted by Crippen LogP contribution is 2.17. The number of benzene rings is 1. The lowest BCUT2D eigenvalue weighted by atomic mass is 9.94. The third kappa shape index (κ3) is 3.75. The van der Waals surface area contributed by atoms with Crippen LogP contribution in [-0.4, -0.2) is 5.78 Å². The van der Waals surface area contributed by atoms with Crippen molar-refractivity contribution in [1.82, 2.24) is 0 Å². The van der Waals surface area contributed by atoms with Gasteiger partial charge in [0.15, 0.2) is 0 Å². The summed E-state index contributed by atoms with van der Waals surface area (Å²) in [6, 6.07) is 4.05. The van der Waals surface area contributed by atoms with Crippen LogP contribution < -0.4 is 0 Å². The van der Waals surface area contributed by atoms with Crippen molar-refractivity contribution < 1.29 is 4.79 Å². The summed E-state index contributed by atoms with van der Waals surface area (Å²) in [6.07, 6.45) is 0. The Morgan fingerprint density at radius 3 is 1.94 bits per heavy atom. The van der Waals surface area contributed by atoms with Crippen LogP contribution in [0.5, 0.6) is 0 Å². The van der Waals surface area contributed by atoms with Gasteiger partial charge < -0.3 is 0 Å². The van der Waals surface area contributed by atoms with Crippen molar-refractivity contribution >= 4 is 5.78 Å². The van der Waals surface area contributed by atoms with Gasteiger partial charge in [-0.05, 0) is 58.6 Å². The Kier molecular flexibility index (Phi) is 3.78. The van der Waals surface area contributed by atoms with Crippen molar-refractivity contribution in [3.63, 3.8) is 0 Å². The predicted molar refractivity (Wildman–Crippen MR) is 72.2 cm³/mol. The van der Waals surface area contributed by atoms with E-state index in [1.54, 1.807) is 0 Å². The van der Waals surface area contributed by atoms with Gasteiger partial charge in [0, 0.05) is 11.0 Å². The van der Waals surface area contributed by atoms with E-state index in [1.165, 1.54) is 5.56 Å². The number of ketones is 1. The molecule has 0 unspecified atom stereocenters. The van der Waals surface area contributed by atoms with Crippen LogP contribution in [0.1, 0.15) is 47.8 Å². The minimum atomic E-state index is -0.137. The molecule has 0 spiro atoms. The van der Waals surface area contributed by atoms with Crippen molar-refractivity contribution in [2.24, 2.45) is 5.41 Å². The third-order valence-corrected chi connectivity index (χ3v) is 2.46. The van der Waals surface area contributed by atoms with Crippen molar-refractivity contribution in [3.8, 4) is 11.8 Å². The van der Waals surface area contributed by atoms with E-state index in [0.29, 0.717) is 0 Å². The molecule has 0 fully saturated rings. The van der Waals surface area contributed by atoms with E-state index in [4.69, 9.17) is 0 Å². The first-order valence-corrected chi connectivity index (χ1v) is 5.86. The topological polar surface area (TPSA) is 17.1 Å². The molecule has 0 aromatic heterocycles. The molecule has 0 saturated heterocycles. The Bertz CT molecular complexity index is 482. The monoisotopic (exact) mass is 228 g/mol. The van der Waals surface area contributed by atoms with Crippen LogP contribution in [0.2, 0.25) is 0 Å². The molecule has 17 heavy (non-hydrogen) atoms. The molecule has 0 amide bonds. The molecule has 1 rings (SSSR count). The zero-order valence-corrected chi connectivity index (χ0v) is 11.6. The number of carbonyl (C=O) groups excluding carboxylic acids is 1. The summed E-state index contributed by atoms with van der Waals surface area (Å²) in [5, 5.41) is 0. The molecule has 0 bridgehead atoms. The highest BCUT2D eigenvalue weighted by molar-refractivity contribution is 6.10. The molecule has 1 aromatic carbocycles. The molecule has 0 aliphatic rings. The predicted octanol–water partition coefficient (Wildman–Crippen LogP) is 3.84. The van der Waals surface area contributed by atoms with Crippen LogP contribution in [-0.2, 0) is 0 Å². The highest BCUT2D eigenvalue weighted by Gasteiger charge is 2.11. The molecule has 1 heteroatoms. The lowest BCUT2D eigenvalue weighted by Crippen LogP contribution is -2.05. The first-order valence-electron chi connectivity index (χ1n) is 5.86. The molecular formula is C16H20O. The fourth-order valence-corrected chi connectivity index (χ4v) is 1.84. The zero-order valence-electron chi connectivity index (χ0n) is 11.6. The minimum Gasteiger partial charge on any atom is -0.279 e. The number of hydrogen-bond acceptors (Lipinski definition) is 1. The van der Waals surface area contributed by atoms with E-state index in [0.717, 1.165) is 16.7 Å². The second-order valence-corrected chi connectivity index (χ2v) is 5.60. The SMILES string of the molecule is Cc1cc(C)c(C(=O)C#CC(C)(C)C)c(C)c1. The Morgan fingerprint density at radius 2 is 1.53 bits per heavy atom. The molecule has 0 heterocycles. The summed E-state index contributed by atoms with van der Waals surface area (Å²) in [4.78, 5) is 12.1. The fraction of sp³-hybridized carbons (Fsp3) is 0.438. The quantitative estimate of drug-likeness (QED) is 0.405. The lowest BCUT2D eigenvalue weighted by Gasteiger charge is -2.09. The van der Waals surface area contributed by atoms with Gasteiger partial charge in [0.25, 0.3) is 0 Å². The van der Waals surface area contributed by atoms with Gasteiger partial charge in [0.05, 0.1) is 0 Å². The van der Waals surface area contributed by atoms with E-state index < -0.39 is 0 Å². The van der Waals surface area contributed by atoms with E-state index in [9.17, 15) is 4.79 Å². The highest BCUT2D eigenvalue weighted by atomic mass is 16.1. The zero-order chi connectivity index (χ0) is 13.2. The summed E-state index contributed by atoms with van der Waals surface area (Å²) in [6.45, 7) is 12.0. The summed E-state index contributed by atoms with van der Waals surface area (Å²) < 4.78 is 0. The largest absolute Gasteiger partial charge is 0.279 e. The van der Waals surface area contributed by atoms with Crippen molar-refractivity contribution in [2.75, 3.05) is 0 Å². The molecule has 0 atom stereocenters. The maximum Gasteiger partial charge on any atom is 0.236 e. The van der Waals surface area contributed by atoms with Gasteiger partial charge in [-0.1, -0.05) is 23.6 Å². The molecule has 1 nitrogen and oxygen atoms in total. The maximum atomic E-state index is 12.1. The molecular weight excluding hydrogens is 208 g/mol. The van der Waals surface area contributed by atoms with Crippen LogP contribution in [0, 0.1) is 38.0 Å². The van der Waals surface area contributed by atoms with Gasteiger partial charge in [-0.3, -0.25) is 4.79 Å². The lowest BCUT2D eigenvalue weighted by molar-refractivity contribution is 0.105. The van der Waals surface area contributed by atoms with Crippen molar-refractivity contribution in [1.29, 1.82) is 0 Å². The van der Waals surface area contributed by atoms with Crippen LogP contribution >= 0.6 is 0 Å². The molecule has 0 saturated carbocycles. The first kappa shape index (κ1) is 13.5. The van der Waals surface area contributed by atoms with Gasteiger partial charge in [-0.2, -0.15) is 0 Å². The summed E-state index contributed by atoms with van der Waals surface area (Å²) in [5.74, 6) is 5.67. The van der Waals surface area contributed by atoms with Crippen LogP contribution in [0.15, 0.2) is 12.1 Å². The third-order valence-electron chi connectivity index (χ3n) is 2.46. The van der Waals surface area contributed by atoms with E-state index in [1.807, 2.05) is 53.7 Å². The normalized spacial score (nSPS) is 10.7. The van der Waals surface area contributed by atoms with Crippen LogP contribution in [0.4, 0.5) is 0 Å². The average molecular weight is 228 g/mol. The van der Waals surface area contributed by atoms with Crippen molar-refractivity contribution in [2.45, 2.75) is 41.5 Å². The van der Waals surface area contributed by atoms with E-state index in [-0.39, 0.29) is 11.2 Å². The average Bonchev–Trinajstić information content (AvgIpc) is 2.11. The molecule has 90 valence electrons. The van der Waals surface area contributed by atoms with Crippen molar-refractivity contribution in [3.05, 3.63) is 34.4 Å². The Balaban J connectivity index is 3.17. The van der Waals surface area contributed by atoms with E-state index >= 15 is 0 Å². The second kappa shape index (κ2) is 4.75. The number of carbonyl (C=O) groups is 1. The summed E-state index contributed by atoms with van der Waals surface area (Å²) in [7, 11) is 0. The van der Waals surface area contributed by atoms with Gasteiger partial charge in [0.2, 0.25) is 5.78 Å². The summed E-state index contributed by atoms with van der Waals surface area (Å²) in [5.41, 5.74) is 3.82. The molecule has 0 aliphatic carbocycles. The smallest absolute Gasteiger partial charge is 0.236 e. The standard InChI is InChI=1S/C16H20O/c1-11-9-12(2)15(13(3)10-11)14(17)7-8-16(4,5)6/h9-10H,1-6H3. The summed E-state index contributed by atoms with van der Waals surface area (Å²) >= 11 is 0. The number of hydrogen-bond donors (Lipinski definition) is 0. The molecule has 0 radical (unpaired) electrons. The second-order valence-electron chi connectivity index (χ2n) is 5.60. The molecule has 0 aliphatic heterocycles. The Labute approximate surface area is 104 Å². The maximum absolute atomic E-state index is 12.1. The number of rotatable bonds is 1. The number of aryl methyl sites for hydroxylation is 3. The molecule has 0 N–H and O–H groups in total. The van der Waals surface area contributed by atoms with Crippen LogP contribution in [0.3, 0.4) is 0 Å². The minimum absolute atomic E-state index is 0.0741. The van der Waals surface area contributed by atoms with Crippen LogP contribution in [0.25, 0.3) is 0 Å². The van der Waals surface area contributed by atoms with Gasteiger partial charge in [-0.15, -0.1) is 0 Å². The van der Waals surface area contributed by atoms with E-state index in [2.05, 4.69) is 11.8 Å². The van der Waals surface area contributed by atoms with Gasteiger partial charge >= 0.3 is 0 Å². The molecule has 1 aromatic rings. The first-order chi connectivity index (χ1) is 7.70. The Morgan fingerprint density at radius 1 is 1.06 bits per heavy atom. The van der Waals surface area contributed by atoms with Gasteiger partial charge in [0.1, 0.15) is 0 Å². The van der Waals surface area contributed by atoms with Gasteiger partial charge in [-0.25, -0.2) is 0 Å². The fourth-order valence-electron chi connectivity index (χ4n) is 1.84. The Hall–Kier alpha value is -1.55. The number of Topliss-reactive ketones (excluding diaryl/α,β-unsaturated/α-hetero) is 1.